The largest absolute Gasteiger partial charge is 0.393 e. The molecule has 14 heavy (non-hydrogen) atoms. The maximum Gasteiger partial charge on any atom is 0.150 e. The Morgan fingerprint density at radius 2 is 2.43 bits per heavy atom. The standard InChI is InChI=1S/C10H16N2O2/c1-12(6-8-4-9(13)5-8)7-10-2-3-11-14-10/h2-3,8-9,13H,4-7H2,1H3. The molecule has 1 fully saturated rings. The summed E-state index contributed by atoms with van der Waals surface area (Å²) in [7, 11) is 2.06. The maximum absolute atomic E-state index is 9.14. The number of hydrogen-bond acceptors (Lipinski definition) is 4. The quantitative estimate of drug-likeness (QED) is 0.776. The zero-order chi connectivity index (χ0) is 9.97. The molecule has 0 bridgehead atoms. The zero-order valence-corrected chi connectivity index (χ0v) is 8.39. The van der Waals surface area contributed by atoms with Crippen LogP contribution in [0.4, 0.5) is 0 Å². The summed E-state index contributed by atoms with van der Waals surface area (Å²) < 4.78 is 5.02. The van der Waals surface area contributed by atoms with Crippen molar-refractivity contribution in [1.29, 1.82) is 0 Å². The smallest absolute Gasteiger partial charge is 0.150 e. The molecule has 0 aliphatic heterocycles. The minimum absolute atomic E-state index is 0.0568. The lowest BCUT2D eigenvalue weighted by Crippen LogP contribution is -2.36. The molecule has 1 aromatic rings. The van der Waals surface area contributed by atoms with Gasteiger partial charge in [0.2, 0.25) is 0 Å². The molecule has 1 aliphatic carbocycles. The van der Waals surface area contributed by atoms with E-state index in [2.05, 4.69) is 17.1 Å². The van der Waals surface area contributed by atoms with Crippen molar-refractivity contribution >= 4 is 0 Å². The molecule has 0 saturated heterocycles. The van der Waals surface area contributed by atoms with Crippen LogP contribution in [0.5, 0.6) is 0 Å². The van der Waals surface area contributed by atoms with Crippen LogP contribution in [0.1, 0.15) is 18.6 Å². The number of rotatable bonds is 4. The third kappa shape index (κ3) is 2.33. The van der Waals surface area contributed by atoms with Gasteiger partial charge in [0, 0.05) is 12.6 Å². The molecule has 0 aromatic carbocycles. The van der Waals surface area contributed by atoms with E-state index in [-0.39, 0.29) is 6.10 Å². The SMILES string of the molecule is CN(Cc1ccno1)CC1CC(O)C1. The fraction of sp³-hybridized carbons (Fsp3) is 0.700. The predicted molar refractivity (Wildman–Crippen MR) is 51.6 cm³/mol. The Balaban J connectivity index is 1.71. The van der Waals surface area contributed by atoms with Crippen molar-refractivity contribution in [2.75, 3.05) is 13.6 Å². The molecule has 0 atom stereocenters. The van der Waals surface area contributed by atoms with Gasteiger partial charge in [-0.25, -0.2) is 0 Å². The van der Waals surface area contributed by atoms with E-state index in [4.69, 9.17) is 9.63 Å². The first-order valence-electron chi connectivity index (χ1n) is 5.00. The molecule has 1 aliphatic rings. The highest BCUT2D eigenvalue weighted by atomic mass is 16.5. The lowest BCUT2D eigenvalue weighted by Gasteiger charge is -2.34. The molecule has 0 radical (unpaired) electrons. The predicted octanol–water partition coefficient (Wildman–Crippen LogP) is 0.877. The molecule has 4 nitrogen and oxygen atoms in total. The van der Waals surface area contributed by atoms with E-state index in [1.807, 2.05) is 6.07 Å². The van der Waals surface area contributed by atoms with Crippen LogP contribution in [0.2, 0.25) is 0 Å². The molecular weight excluding hydrogens is 180 g/mol. The molecule has 78 valence electrons. The van der Waals surface area contributed by atoms with E-state index in [1.54, 1.807) is 6.20 Å². The Labute approximate surface area is 83.5 Å². The Hall–Kier alpha value is -0.870. The summed E-state index contributed by atoms with van der Waals surface area (Å²) in [6.45, 7) is 1.82. The van der Waals surface area contributed by atoms with Crippen molar-refractivity contribution in [2.45, 2.75) is 25.5 Å². The topological polar surface area (TPSA) is 49.5 Å². The summed E-state index contributed by atoms with van der Waals surface area (Å²) in [6.07, 6.45) is 3.50. The number of aliphatic hydroxyl groups excluding tert-OH is 1. The number of aromatic nitrogens is 1. The van der Waals surface area contributed by atoms with E-state index < -0.39 is 0 Å². The Bertz CT molecular complexity index is 268. The molecule has 1 heterocycles. The van der Waals surface area contributed by atoms with E-state index in [9.17, 15) is 0 Å². The maximum atomic E-state index is 9.14. The van der Waals surface area contributed by atoms with Crippen LogP contribution in [0.3, 0.4) is 0 Å². The van der Waals surface area contributed by atoms with E-state index in [0.29, 0.717) is 5.92 Å². The Morgan fingerprint density at radius 1 is 1.64 bits per heavy atom. The fourth-order valence-corrected chi connectivity index (χ4v) is 1.94. The Kier molecular flexibility index (Phi) is 2.84. The highest BCUT2D eigenvalue weighted by Gasteiger charge is 2.27. The molecule has 4 heteroatoms. The van der Waals surface area contributed by atoms with Gasteiger partial charge < -0.3 is 9.63 Å². The molecule has 0 amide bonds. The minimum atomic E-state index is -0.0568. The van der Waals surface area contributed by atoms with Crippen LogP contribution in [0, 0.1) is 5.92 Å². The summed E-state index contributed by atoms with van der Waals surface area (Å²) in [5.41, 5.74) is 0. The van der Waals surface area contributed by atoms with Gasteiger partial charge in [0.1, 0.15) is 0 Å². The first kappa shape index (κ1) is 9.68. The molecule has 1 N–H and O–H groups in total. The first-order valence-corrected chi connectivity index (χ1v) is 5.00. The average molecular weight is 196 g/mol. The fourth-order valence-electron chi connectivity index (χ4n) is 1.94. The average Bonchev–Trinajstić information content (AvgIpc) is 2.54. The van der Waals surface area contributed by atoms with Crippen LogP contribution >= 0.6 is 0 Å². The van der Waals surface area contributed by atoms with Crippen molar-refractivity contribution in [2.24, 2.45) is 5.92 Å². The van der Waals surface area contributed by atoms with Gasteiger partial charge in [-0.15, -0.1) is 0 Å². The third-order valence-electron chi connectivity index (χ3n) is 2.70. The van der Waals surface area contributed by atoms with Gasteiger partial charge in [-0.05, 0) is 25.8 Å². The van der Waals surface area contributed by atoms with Gasteiger partial charge in [0.25, 0.3) is 0 Å². The van der Waals surface area contributed by atoms with Crippen molar-refractivity contribution in [3.05, 3.63) is 18.0 Å². The lowest BCUT2D eigenvalue weighted by atomic mass is 9.82. The molecule has 1 aromatic heterocycles. The van der Waals surface area contributed by atoms with Gasteiger partial charge >= 0.3 is 0 Å². The molecule has 0 spiro atoms. The van der Waals surface area contributed by atoms with Crippen LogP contribution in [-0.2, 0) is 6.54 Å². The number of nitrogens with zero attached hydrogens (tertiary/aromatic N) is 2. The van der Waals surface area contributed by atoms with Crippen molar-refractivity contribution in [3.63, 3.8) is 0 Å². The van der Waals surface area contributed by atoms with Crippen LogP contribution in [0.15, 0.2) is 16.8 Å². The van der Waals surface area contributed by atoms with E-state index >= 15 is 0 Å². The van der Waals surface area contributed by atoms with Crippen LogP contribution < -0.4 is 0 Å². The number of hydrogen-bond donors (Lipinski definition) is 1. The lowest BCUT2D eigenvalue weighted by molar-refractivity contribution is 0.0264. The highest BCUT2D eigenvalue weighted by molar-refractivity contribution is 4.92. The zero-order valence-electron chi connectivity index (χ0n) is 8.39. The van der Waals surface area contributed by atoms with Gasteiger partial charge in [-0.3, -0.25) is 4.90 Å². The first-order chi connectivity index (χ1) is 6.74. The van der Waals surface area contributed by atoms with Crippen LogP contribution in [0.25, 0.3) is 0 Å². The second-order valence-corrected chi connectivity index (χ2v) is 4.17. The summed E-state index contributed by atoms with van der Waals surface area (Å²) in [5, 5.41) is 12.8. The molecule has 1 saturated carbocycles. The number of aliphatic hydroxyl groups is 1. The van der Waals surface area contributed by atoms with Crippen molar-refractivity contribution in [1.82, 2.24) is 10.1 Å². The Morgan fingerprint density at radius 3 is 3.00 bits per heavy atom. The normalized spacial score (nSPS) is 26.5. The summed E-state index contributed by atoms with van der Waals surface area (Å²) in [6, 6.07) is 1.88. The van der Waals surface area contributed by atoms with E-state index in [0.717, 1.165) is 31.7 Å². The van der Waals surface area contributed by atoms with Crippen molar-refractivity contribution < 1.29 is 9.63 Å². The summed E-state index contributed by atoms with van der Waals surface area (Å²) in [5.74, 6) is 1.55. The van der Waals surface area contributed by atoms with Gasteiger partial charge in [-0.1, -0.05) is 5.16 Å². The second kappa shape index (κ2) is 4.11. The summed E-state index contributed by atoms with van der Waals surface area (Å²) >= 11 is 0. The highest BCUT2D eigenvalue weighted by Crippen LogP contribution is 2.27. The molecule has 2 rings (SSSR count). The third-order valence-corrected chi connectivity index (χ3v) is 2.70. The van der Waals surface area contributed by atoms with Gasteiger partial charge in [-0.2, -0.15) is 0 Å². The minimum Gasteiger partial charge on any atom is -0.393 e. The summed E-state index contributed by atoms with van der Waals surface area (Å²) in [4.78, 5) is 2.21. The molecule has 0 unspecified atom stereocenters. The van der Waals surface area contributed by atoms with Gasteiger partial charge in [0.05, 0.1) is 18.8 Å². The second-order valence-electron chi connectivity index (χ2n) is 4.17. The molecular formula is C10H16N2O2. The van der Waals surface area contributed by atoms with E-state index in [1.165, 1.54) is 0 Å². The van der Waals surface area contributed by atoms with Crippen LogP contribution in [-0.4, -0.2) is 34.9 Å². The van der Waals surface area contributed by atoms with Crippen molar-refractivity contribution in [3.8, 4) is 0 Å². The monoisotopic (exact) mass is 196 g/mol. The van der Waals surface area contributed by atoms with Gasteiger partial charge in [0.15, 0.2) is 5.76 Å².